The maximum atomic E-state index is 13.8. The van der Waals surface area contributed by atoms with Crippen LogP contribution in [0.5, 0.6) is 0 Å². The van der Waals surface area contributed by atoms with E-state index < -0.39 is 6.04 Å². The van der Waals surface area contributed by atoms with Crippen molar-refractivity contribution in [3.63, 3.8) is 0 Å². The van der Waals surface area contributed by atoms with Crippen molar-refractivity contribution >= 4 is 35.0 Å². The second-order valence-corrected chi connectivity index (χ2v) is 9.73. The highest BCUT2D eigenvalue weighted by Crippen LogP contribution is 2.25. The second-order valence-electron chi connectivity index (χ2n) is 8.88. The van der Waals surface area contributed by atoms with Crippen molar-refractivity contribution in [1.82, 2.24) is 10.2 Å². The van der Waals surface area contributed by atoms with E-state index in [0.717, 1.165) is 28.7 Å². The number of hydrogen-bond acceptors (Lipinski definition) is 2. The summed E-state index contributed by atoms with van der Waals surface area (Å²) in [6, 6.07) is 22.1. The minimum absolute atomic E-state index is 0.00628. The standard InChI is InChI=1S/C29H32Cl2N2O2/c1-4-21(3)32-29(35)27(16-22-11-6-5-7-12-22)33(19-24-14-15-25(30)18-26(24)31)28(34)17-23-13-9-8-10-20(23)2/h5-15,18,21,27H,4,16-17,19H2,1-3H3,(H,32,35)/t21-,27+/m1/s1. The van der Waals surface area contributed by atoms with Gasteiger partial charge in [0.2, 0.25) is 11.8 Å². The van der Waals surface area contributed by atoms with Gasteiger partial charge in [0.05, 0.1) is 6.42 Å². The van der Waals surface area contributed by atoms with Crippen molar-refractivity contribution in [3.05, 3.63) is 105 Å². The summed E-state index contributed by atoms with van der Waals surface area (Å²) in [5.74, 6) is -0.308. The number of nitrogens with zero attached hydrogens (tertiary/aromatic N) is 1. The molecule has 184 valence electrons. The molecule has 0 bridgehead atoms. The molecule has 0 aliphatic carbocycles. The quantitative estimate of drug-likeness (QED) is 0.343. The van der Waals surface area contributed by atoms with Gasteiger partial charge < -0.3 is 10.2 Å². The topological polar surface area (TPSA) is 49.4 Å². The third-order valence-corrected chi connectivity index (χ3v) is 6.82. The highest BCUT2D eigenvalue weighted by molar-refractivity contribution is 6.35. The lowest BCUT2D eigenvalue weighted by Crippen LogP contribution is -2.52. The van der Waals surface area contributed by atoms with Crippen molar-refractivity contribution in [3.8, 4) is 0 Å². The number of hydrogen-bond donors (Lipinski definition) is 1. The lowest BCUT2D eigenvalue weighted by Gasteiger charge is -2.33. The molecular weight excluding hydrogens is 479 g/mol. The molecule has 0 spiro atoms. The van der Waals surface area contributed by atoms with Crippen LogP contribution in [0, 0.1) is 6.92 Å². The molecule has 0 radical (unpaired) electrons. The summed E-state index contributed by atoms with van der Waals surface area (Å²) < 4.78 is 0. The summed E-state index contributed by atoms with van der Waals surface area (Å²) >= 11 is 12.6. The highest BCUT2D eigenvalue weighted by atomic mass is 35.5. The average molecular weight is 511 g/mol. The van der Waals surface area contributed by atoms with Gasteiger partial charge in [0.15, 0.2) is 0 Å². The van der Waals surface area contributed by atoms with Gasteiger partial charge in [0, 0.05) is 29.1 Å². The fourth-order valence-corrected chi connectivity index (χ4v) is 4.37. The number of carbonyl (C=O) groups is 2. The molecule has 0 aromatic heterocycles. The van der Waals surface area contributed by atoms with Gasteiger partial charge >= 0.3 is 0 Å². The Morgan fingerprint density at radius 3 is 2.29 bits per heavy atom. The first kappa shape index (κ1) is 26.8. The molecule has 4 nitrogen and oxygen atoms in total. The Kier molecular flexibility index (Phi) is 9.76. The molecule has 0 saturated carbocycles. The van der Waals surface area contributed by atoms with E-state index in [1.807, 2.05) is 81.4 Å². The number of halogens is 2. The van der Waals surface area contributed by atoms with E-state index in [2.05, 4.69) is 5.32 Å². The summed E-state index contributed by atoms with van der Waals surface area (Å²) in [7, 11) is 0. The number of aryl methyl sites for hydroxylation is 1. The fraction of sp³-hybridized carbons (Fsp3) is 0.310. The summed E-state index contributed by atoms with van der Waals surface area (Å²) in [6.07, 6.45) is 1.39. The third kappa shape index (κ3) is 7.58. The van der Waals surface area contributed by atoms with Crippen LogP contribution in [-0.2, 0) is 29.0 Å². The second kappa shape index (κ2) is 12.8. The summed E-state index contributed by atoms with van der Waals surface area (Å²) in [4.78, 5) is 29.0. The predicted molar refractivity (Wildman–Crippen MR) is 144 cm³/mol. The van der Waals surface area contributed by atoms with Gasteiger partial charge in [0.1, 0.15) is 6.04 Å². The van der Waals surface area contributed by atoms with Crippen LogP contribution in [0.3, 0.4) is 0 Å². The van der Waals surface area contributed by atoms with E-state index in [-0.39, 0.29) is 30.8 Å². The molecule has 0 aliphatic rings. The molecule has 3 aromatic rings. The van der Waals surface area contributed by atoms with E-state index in [0.29, 0.717) is 16.5 Å². The molecule has 3 aromatic carbocycles. The molecule has 0 saturated heterocycles. The van der Waals surface area contributed by atoms with Crippen LogP contribution in [-0.4, -0.2) is 28.8 Å². The SMILES string of the molecule is CC[C@@H](C)NC(=O)[C@H](Cc1ccccc1)N(Cc1ccc(Cl)cc1Cl)C(=O)Cc1ccccc1C. The molecule has 3 rings (SSSR count). The molecule has 0 fully saturated rings. The summed E-state index contributed by atoms with van der Waals surface area (Å²) in [5.41, 5.74) is 3.69. The fourth-order valence-electron chi connectivity index (χ4n) is 3.90. The normalized spacial score (nSPS) is 12.6. The van der Waals surface area contributed by atoms with Crippen LogP contribution in [0.2, 0.25) is 10.0 Å². The van der Waals surface area contributed by atoms with Gasteiger partial charge in [-0.25, -0.2) is 0 Å². The molecular formula is C29H32Cl2N2O2. The van der Waals surface area contributed by atoms with E-state index >= 15 is 0 Å². The van der Waals surface area contributed by atoms with Gasteiger partial charge in [-0.05, 0) is 54.7 Å². The van der Waals surface area contributed by atoms with Gasteiger partial charge in [-0.1, -0.05) is 90.8 Å². The third-order valence-electron chi connectivity index (χ3n) is 6.23. The molecule has 0 unspecified atom stereocenters. The first-order valence-electron chi connectivity index (χ1n) is 11.9. The lowest BCUT2D eigenvalue weighted by molar-refractivity contribution is -0.141. The zero-order valence-electron chi connectivity index (χ0n) is 20.4. The Labute approximate surface area is 218 Å². The maximum Gasteiger partial charge on any atom is 0.243 e. The number of rotatable bonds is 10. The van der Waals surface area contributed by atoms with Crippen LogP contribution in [0.4, 0.5) is 0 Å². The average Bonchev–Trinajstić information content (AvgIpc) is 2.84. The molecule has 2 atom stereocenters. The number of amides is 2. The van der Waals surface area contributed by atoms with Crippen molar-refractivity contribution in [2.45, 2.75) is 58.7 Å². The smallest absolute Gasteiger partial charge is 0.243 e. The summed E-state index contributed by atoms with van der Waals surface area (Å²) in [6.45, 7) is 6.17. The van der Waals surface area contributed by atoms with Gasteiger partial charge in [0.25, 0.3) is 0 Å². The molecule has 1 N–H and O–H groups in total. The number of nitrogens with one attached hydrogen (secondary N) is 1. The summed E-state index contributed by atoms with van der Waals surface area (Å²) in [5, 5.41) is 4.07. The van der Waals surface area contributed by atoms with Crippen molar-refractivity contribution in [2.24, 2.45) is 0 Å². The minimum atomic E-state index is -0.699. The Morgan fingerprint density at radius 2 is 1.63 bits per heavy atom. The van der Waals surface area contributed by atoms with Crippen molar-refractivity contribution in [1.29, 1.82) is 0 Å². The van der Waals surface area contributed by atoms with Gasteiger partial charge in [-0.15, -0.1) is 0 Å². The van der Waals surface area contributed by atoms with Crippen LogP contribution in [0.25, 0.3) is 0 Å². The molecule has 2 amide bonds. The van der Waals surface area contributed by atoms with Gasteiger partial charge in [-0.3, -0.25) is 9.59 Å². The monoisotopic (exact) mass is 510 g/mol. The molecule has 0 heterocycles. The maximum absolute atomic E-state index is 13.8. The highest BCUT2D eigenvalue weighted by Gasteiger charge is 2.31. The molecule has 6 heteroatoms. The number of benzene rings is 3. The Balaban J connectivity index is 2.01. The first-order chi connectivity index (χ1) is 16.8. The van der Waals surface area contributed by atoms with E-state index in [1.54, 1.807) is 17.0 Å². The Hall–Kier alpha value is -2.82. The van der Waals surface area contributed by atoms with E-state index in [4.69, 9.17) is 23.2 Å². The Morgan fingerprint density at radius 1 is 0.943 bits per heavy atom. The number of carbonyl (C=O) groups excluding carboxylic acids is 2. The Bertz CT molecular complexity index is 1150. The zero-order valence-corrected chi connectivity index (χ0v) is 21.9. The van der Waals surface area contributed by atoms with Crippen LogP contribution in [0.1, 0.15) is 42.5 Å². The molecule has 35 heavy (non-hydrogen) atoms. The predicted octanol–water partition coefficient (Wildman–Crippen LogP) is 6.40. The van der Waals surface area contributed by atoms with Crippen LogP contribution < -0.4 is 5.32 Å². The zero-order chi connectivity index (χ0) is 25.4. The lowest BCUT2D eigenvalue weighted by atomic mass is 10.00. The largest absolute Gasteiger partial charge is 0.352 e. The van der Waals surface area contributed by atoms with Crippen molar-refractivity contribution < 1.29 is 9.59 Å². The van der Waals surface area contributed by atoms with Crippen LogP contribution >= 0.6 is 23.2 Å². The first-order valence-corrected chi connectivity index (χ1v) is 12.7. The van der Waals surface area contributed by atoms with E-state index in [1.165, 1.54) is 0 Å². The molecule has 0 aliphatic heterocycles. The minimum Gasteiger partial charge on any atom is -0.352 e. The van der Waals surface area contributed by atoms with Crippen molar-refractivity contribution in [2.75, 3.05) is 0 Å². The van der Waals surface area contributed by atoms with E-state index in [9.17, 15) is 9.59 Å². The van der Waals surface area contributed by atoms with Gasteiger partial charge in [-0.2, -0.15) is 0 Å². The van der Waals surface area contributed by atoms with Crippen LogP contribution in [0.15, 0.2) is 72.8 Å².